The largest absolute Gasteiger partial charge is 0.506 e. The fraction of sp³-hybridized carbons (Fsp3) is 0.368. The van der Waals surface area contributed by atoms with Crippen LogP contribution in [0.4, 0.5) is 13.2 Å². The van der Waals surface area contributed by atoms with Crippen LogP contribution >= 0.6 is 0 Å². The van der Waals surface area contributed by atoms with E-state index in [4.69, 9.17) is 5.11 Å². The fourth-order valence-corrected chi connectivity index (χ4v) is 3.43. The molecule has 0 saturated heterocycles. The number of aliphatic carboxylic acids is 1. The average Bonchev–Trinajstić information content (AvgIpc) is 2.69. The normalized spacial score (nSPS) is 14.5. The summed E-state index contributed by atoms with van der Waals surface area (Å²) in [6, 6.07) is 0.794. The molecule has 0 saturated carbocycles. The Hall–Kier alpha value is -3.37. The zero-order valence-corrected chi connectivity index (χ0v) is 15.8. The number of aryl methyl sites for hydroxylation is 1. The standard InChI is InChI=1S/C19H18F3N3O5/c1-25-16-13(15(28)14(18(25)30)17(29)23-8-12(26)27)10(9-5-3-2-4-6-9)7-11(24-16)19(20,21)22/h5,7,28H,2-4,6,8H2,1H3,(H,23,29)(H,26,27). The summed E-state index contributed by atoms with van der Waals surface area (Å²) in [4.78, 5) is 39.1. The number of nitrogens with zero attached hydrogens (tertiary/aromatic N) is 2. The van der Waals surface area contributed by atoms with Gasteiger partial charge in [-0.05, 0) is 42.9 Å². The molecule has 30 heavy (non-hydrogen) atoms. The third-order valence-electron chi connectivity index (χ3n) is 4.86. The van der Waals surface area contributed by atoms with Crippen molar-refractivity contribution in [2.45, 2.75) is 31.9 Å². The molecule has 0 fully saturated rings. The van der Waals surface area contributed by atoms with Crippen molar-refractivity contribution < 1.29 is 33.0 Å². The molecule has 0 radical (unpaired) electrons. The number of aromatic nitrogens is 2. The SMILES string of the molecule is Cn1c(=O)c(C(=O)NCC(=O)O)c(O)c2c(C3=CCCCC3)cc(C(F)(F)F)nc21. The second-order valence-corrected chi connectivity index (χ2v) is 6.89. The van der Waals surface area contributed by atoms with E-state index in [1.807, 2.05) is 5.32 Å². The summed E-state index contributed by atoms with van der Waals surface area (Å²) in [5.74, 6) is -3.36. The Balaban J connectivity index is 2.36. The second kappa shape index (κ2) is 7.81. The van der Waals surface area contributed by atoms with Crippen molar-refractivity contribution in [1.82, 2.24) is 14.9 Å². The number of amides is 1. The van der Waals surface area contributed by atoms with Crippen LogP contribution in [0, 0.1) is 0 Å². The Morgan fingerprint density at radius 1 is 1.30 bits per heavy atom. The maximum Gasteiger partial charge on any atom is 0.433 e. The fourth-order valence-electron chi connectivity index (χ4n) is 3.43. The van der Waals surface area contributed by atoms with Gasteiger partial charge in [0.05, 0.1) is 5.39 Å². The number of carboxylic acids is 1. The highest BCUT2D eigenvalue weighted by Crippen LogP contribution is 2.39. The number of rotatable bonds is 4. The highest BCUT2D eigenvalue weighted by molar-refractivity contribution is 6.05. The van der Waals surface area contributed by atoms with E-state index >= 15 is 0 Å². The minimum atomic E-state index is -4.79. The van der Waals surface area contributed by atoms with Gasteiger partial charge in [-0.3, -0.25) is 19.0 Å². The molecule has 2 heterocycles. The number of halogens is 3. The summed E-state index contributed by atoms with van der Waals surface area (Å²) < 4.78 is 41.0. The summed E-state index contributed by atoms with van der Waals surface area (Å²) in [5.41, 5.74) is -2.93. The average molecular weight is 425 g/mol. The molecule has 160 valence electrons. The number of pyridine rings is 2. The van der Waals surface area contributed by atoms with Crippen molar-refractivity contribution in [1.29, 1.82) is 0 Å². The number of carboxylic acid groups (broad SMARTS) is 1. The molecule has 2 aromatic rings. The minimum Gasteiger partial charge on any atom is -0.506 e. The highest BCUT2D eigenvalue weighted by Gasteiger charge is 2.35. The molecule has 1 aliphatic rings. The molecule has 1 amide bonds. The Morgan fingerprint density at radius 3 is 2.57 bits per heavy atom. The number of hydrogen-bond donors (Lipinski definition) is 3. The van der Waals surface area contributed by atoms with Crippen molar-refractivity contribution in [2.75, 3.05) is 6.54 Å². The van der Waals surface area contributed by atoms with E-state index in [1.54, 1.807) is 6.08 Å². The number of nitrogens with one attached hydrogen (secondary N) is 1. The molecule has 3 rings (SSSR count). The predicted octanol–water partition coefficient (Wildman–Crippen LogP) is 2.43. The zero-order chi connectivity index (χ0) is 22.2. The van der Waals surface area contributed by atoms with E-state index in [2.05, 4.69) is 4.98 Å². The van der Waals surface area contributed by atoms with Crippen molar-refractivity contribution in [3.05, 3.63) is 39.3 Å². The van der Waals surface area contributed by atoms with Crippen molar-refractivity contribution >= 4 is 28.5 Å². The maximum atomic E-state index is 13.4. The van der Waals surface area contributed by atoms with Crippen LogP contribution in [0.25, 0.3) is 16.6 Å². The lowest BCUT2D eigenvalue weighted by atomic mass is 9.91. The molecular weight excluding hydrogens is 407 g/mol. The molecule has 3 N–H and O–H groups in total. The Labute approximate surface area is 167 Å². The molecule has 8 nitrogen and oxygen atoms in total. The van der Waals surface area contributed by atoms with Gasteiger partial charge in [-0.2, -0.15) is 13.2 Å². The number of fused-ring (bicyclic) bond motifs is 1. The first-order valence-electron chi connectivity index (χ1n) is 9.05. The van der Waals surface area contributed by atoms with E-state index in [1.165, 1.54) is 0 Å². The van der Waals surface area contributed by atoms with Gasteiger partial charge in [0.15, 0.2) is 0 Å². The Kier molecular flexibility index (Phi) is 5.55. The van der Waals surface area contributed by atoms with Crippen LogP contribution in [0.15, 0.2) is 16.9 Å². The van der Waals surface area contributed by atoms with Crippen LogP contribution in [0.1, 0.15) is 47.3 Å². The van der Waals surface area contributed by atoms with Gasteiger partial charge in [0.1, 0.15) is 29.2 Å². The van der Waals surface area contributed by atoms with Gasteiger partial charge in [0, 0.05) is 7.05 Å². The molecule has 0 aliphatic heterocycles. The van der Waals surface area contributed by atoms with Gasteiger partial charge in [-0.1, -0.05) is 6.08 Å². The molecule has 2 aromatic heterocycles. The second-order valence-electron chi connectivity index (χ2n) is 6.89. The van der Waals surface area contributed by atoms with Gasteiger partial charge >= 0.3 is 12.1 Å². The summed E-state index contributed by atoms with van der Waals surface area (Å²) in [6.45, 7) is -0.803. The van der Waals surface area contributed by atoms with Crippen molar-refractivity contribution in [3.63, 3.8) is 0 Å². The molecule has 0 unspecified atom stereocenters. The van der Waals surface area contributed by atoms with Crippen LogP contribution in [0.3, 0.4) is 0 Å². The Morgan fingerprint density at radius 2 is 2.00 bits per heavy atom. The van der Waals surface area contributed by atoms with E-state index in [9.17, 15) is 32.7 Å². The van der Waals surface area contributed by atoms with Crippen molar-refractivity contribution in [2.24, 2.45) is 7.05 Å². The van der Waals surface area contributed by atoms with E-state index in [0.29, 0.717) is 18.4 Å². The van der Waals surface area contributed by atoms with Crippen LogP contribution in [-0.2, 0) is 18.0 Å². The summed E-state index contributed by atoms with van der Waals surface area (Å²) in [7, 11) is 1.13. The molecule has 0 bridgehead atoms. The molecule has 11 heteroatoms. The number of carbonyl (C=O) groups excluding carboxylic acids is 1. The maximum absolute atomic E-state index is 13.4. The van der Waals surface area contributed by atoms with Gasteiger partial charge in [0.2, 0.25) is 0 Å². The third-order valence-corrected chi connectivity index (χ3v) is 4.86. The minimum absolute atomic E-state index is 0.0346. The van der Waals surface area contributed by atoms with E-state index in [-0.39, 0.29) is 10.9 Å². The topological polar surface area (TPSA) is 122 Å². The van der Waals surface area contributed by atoms with Crippen LogP contribution in [0.5, 0.6) is 5.75 Å². The highest BCUT2D eigenvalue weighted by atomic mass is 19.4. The molecular formula is C19H18F3N3O5. The number of aromatic hydroxyl groups is 1. The summed E-state index contributed by atoms with van der Waals surface area (Å²) >= 11 is 0. The Bertz CT molecular complexity index is 1140. The summed E-state index contributed by atoms with van der Waals surface area (Å²) in [5, 5.41) is 21.2. The lowest BCUT2D eigenvalue weighted by Gasteiger charge is -2.20. The number of allylic oxidation sites excluding steroid dienone is 2. The molecule has 1 aliphatic carbocycles. The molecule has 0 atom stereocenters. The summed E-state index contributed by atoms with van der Waals surface area (Å²) in [6.07, 6.45) is -0.339. The van der Waals surface area contributed by atoms with Crippen molar-refractivity contribution in [3.8, 4) is 5.75 Å². The number of alkyl halides is 3. The van der Waals surface area contributed by atoms with Crippen LogP contribution in [0.2, 0.25) is 0 Å². The van der Waals surface area contributed by atoms with E-state index in [0.717, 1.165) is 30.5 Å². The first-order chi connectivity index (χ1) is 14.0. The zero-order valence-electron chi connectivity index (χ0n) is 15.8. The lowest BCUT2D eigenvalue weighted by molar-refractivity contribution is -0.141. The smallest absolute Gasteiger partial charge is 0.433 e. The molecule has 0 spiro atoms. The van der Waals surface area contributed by atoms with Crippen LogP contribution < -0.4 is 10.9 Å². The number of hydrogen-bond acceptors (Lipinski definition) is 5. The number of carbonyl (C=O) groups is 2. The van der Waals surface area contributed by atoms with Gasteiger partial charge < -0.3 is 15.5 Å². The lowest BCUT2D eigenvalue weighted by Crippen LogP contribution is -2.35. The molecule has 0 aromatic carbocycles. The van der Waals surface area contributed by atoms with Gasteiger partial charge in [-0.15, -0.1) is 0 Å². The van der Waals surface area contributed by atoms with Gasteiger partial charge in [-0.25, -0.2) is 4.98 Å². The van der Waals surface area contributed by atoms with Gasteiger partial charge in [0.25, 0.3) is 11.5 Å². The quantitative estimate of drug-likeness (QED) is 0.692. The van der Waals surface area contributed by atoms with E-state index < -0.39 is 52.8 Å². The van der Waals surface area contributed by atoms with Crippen LogP contribution in [-0.4, -0.2) is 38.2 Å². The monoisotopic (exact) mass is 425 g/mol. The third kappa shape index (κ3) is 3.87. The predicted molar refractivity (Wildman–Crippen MR) is 100 cm³/mol. The first-order valence-corrected chi connectivity index (χ1v) is 9.05. The first kappa shape index (κ1) is 21.3.